The van der Waals surface area contributed by atoms with Crippen LogP contribution in [-0.2, 0) is 20.4 Å². The van der Waals surface area contributed by atoms with E-state index in [1.807, 2.05) is 0 Å². The fourth-order valence-corrected chi connectivity index (χ4v) is 31.1. The first-order valence-electron chi connectivity index (χ1n) is 21.4. The van der Waals surface area contributed by atoms with Crippen LogP contribution in [0.15, 0.2) is 157 Å². The predicted octanol–water partition coefficient (Wildman–Crippen LogP) is 10.2. The standard InChI is InChI=1S/2C27H23.C2H6Si.2ClH.Zr/c2*1-18(2)14-19-15-20-10-7-13-25(26(20)16-19)27-23-11-5-3-8-21(23)17-22-9-4-6-12-24(22)27;1-3-2;;;/h2*3-13,15-18H,14H2,1-2H3;1-2H3;2*1H;/q;;;;;+2/p-2. The molecule has 298 valence electrons. The predicted molar refractivity (Wildman–Crippen MR) is 252 cm³/mol. The minimum Gasteiger partial charge on any atom is -1.00 e. The quantitative estimate of drug-likeness (QED) is 0.105. The molecule has 0 amide bonds. The Morgan fingerprint density at radius 1 is 0.450 bits per heavy atom. The maximum Gasteiger partial charge on any atom is -1.00 e. The average molecular weight is 915 g/mol. The van der Waals surface area contributed by atoms with Crippen molar-refractivity contribution in [2.24, 2.45) is 11.8 Å². The van der Waals surface area contributed by atoms with Crippen LogP contribution in [0.2, 0.25) is 13.1 Å². The molecule has 0 fully saturated rings. The molecule has 2 atom stereocenters. The van der Waals surface area contributed by atoms with Gasteiger partial charge in [0.05, 0.1) is 0 Å². The molecule has 0 N–H and O–H groups in total. The molecule has 0 aromatic heterocycles. The van der Waals surface area contributed by atoms with Crippen molar-refractivity contribution in [3.05, 3.63) is 179 Å². The first kappa shape index (κ1) is 42.6. The molecule has 2 aliphatic rings. The average Bonchev–Trinajstić information content (AvgIpc) is 3.76. The Labute approximate surface area is 376 Å². The molecule has 0 saturated heterocycles. The van der Waals surface area contributed by atoms with Crippen molar-refractivity contribution in [2.45, 2.75) is 60.9 Å². The molecule has 2 unspecified atom stereocenters. The van der Waals surface area contributed by atoms with Gasteiger partial charge in [0.15, 0.2) is 0 Å². The summed E-state index contributed by atoms with van der Waals surface area (Å²) in [5.41, 5.74) is 14.7. The number of benzene rings is 8. The summed E-state index contributed by atoms with van der Waals surface area (Å²) in [7, 11) is 0. The van der Waals surface area contributed by atoms with Gasteiger partial charge in [-0.1, -0.05) is 0 Å². The number of halogens is 2. The minimum atomic E-state index is -2.45. The van der Waals surface area contributed by atoms with E-state index in [9.17, 15) is 0 Å². The molecular formula is C56H52Cl2SiZr. The molecule has 60 heavy (non-hydrogen) atoms. The third-order valence-corrected chi connectivity index (χ3v) is 32.4. The van der Waals surface area contributed by atoms with Crippen LogP contribution in [0.1, 0.15) is 70.0 Å². The van der Waals surface area contributed by atoms with E-state index in [2.05, 4.69) is 199 Å². The summed E-state index contributed by atoms with van der Waals surface area (Å²) < 4.78 is 1.14. The van der Waals surface area contributed by atoms with Crippen LogP contribution in [0, 0.1) is 11.8 Å². The number of hydrogen-bond acceptors (Lipinski definition) is 0. The van der Waals surface area contributed by atoms with Gasteiger partial charge in [-0.25, -0.2) is 0 Å². The van der Waals surface area contributed by atoms with E-state index in [-0.39, 0.29) is 24.8 Å². The maximum absolute atomic E-state index is 2.71. The van der Waals surface area contributed by atoms with E-state index in [1.54, 1.807) is 22.3 Å². The van der Waals surface area contributed by atoms with Gasteiger partial charge in [-0.3, -0.25) is 0 Å². The Kier molecular flexibility index (Phi) is 12.4. The summed E-state index contributed by atoms with van der Waals surface area (Å²) in [4.78, 5) is 0. The van der Waals surface area contributed by atoms with Crippen LogP contribution in [0.4, 0.5) is 0 Å². The fourth-order valence-electron chi connectivity index (χ4n) is 10.7. The number of hydrogen-bond donors (Lipinski definition) is 0. The van der Waals surface area contributed by atoms with E-state index >= 15 is 0 Å². The van der Waals surface area contributed by atoms with Crippen molar-refractivity contribution in [1.82, 2.24) is 0 Å². The van der Waals surface area contributed by atoms with Gasteiger partial charge in [-0.15, -0.1) is 0 Å². The molecule has 8 aromatic carbocycles. The van der Waals surface area contributed by atoms with Gasteiger partial charge in [0, 0.05) is 0 Å². The van der Waals surface area contributed by atoms with Crippen LogP contribution >= 0.6 is 0 Å². The zero-order valence-electron chi connectivity index (χ0n) is 35.5. The van der Waals surface area contributed by atoms with Gasteiger partial charge in [0.1, 0.15) is 0 Å². The Balaban J connectivity index is 0.00000249. The zero-order valence-corrected chi connectivity index (χ0v) is 40.5. The van der Waals surface area contributed by atoms with Gasteiger partial charge in [-0.05, 0) is 0 Å². The van der Waals surface area contributed by atoms with Crippen LogP contribution < -0.4 is 24.8 Å². The summed E-state index contributed by atoms with van der Waals surface area (Å²) in [6, 6.07) is 55.7. The largest absolute Gasteiger partial charge is 1.00 e. The first-order valence-corrected chi connectivity index (χ1v) is 30.4. The molecule has 0 nitrogen and oxygen atoms in total. The maximum atomic E-state index is 2.71. The minimum absolute atomic E-state index is 0. The first-order chi connectivity index (χ1) is 28.3. The van der Waals surface area contributed by atoms with Crippen LogP contribution in [-0.4, -0.2) is 5.43 Å². The van der Waals surface area contributed by atoms with Crippen molar-refractivity contribution >= 4 is 60.7 Å². The second-order valence-electron chi connectivity index (χ2n) is 18.0. The van der Waals surface area contributed by atoms with Crippen LogP contribution in [0.3, 0.4) is 0 Å². The van der Waals surface area contributed by atoms with E-state index in [0.717, 1.165) is 0 Å². The molecule has 10 rings (SSSR count). The molecule has 2 aliphatic carbocycles. The van der Waals surface area contributed by atoms with Gasteiger partial charge < -0.3 is 24.8 Å². The fraction of sp³-hybridized carbons (Fsp3) is 0.214. The molecule has 0 bridgehead atoms. The third-order valence-electron chi connectivity index (χ3n) is 12.9. The number of fused-ring (bicyclic) bond motifs is 6. The Morgan fingerprint density at radius 2 is 0.783 bits per heavy atom. The normalized spacial score (nSPS) is 15.4. The van der Waals surface area contributed by atoms with Crippen LogP contribution in [0.5, 0.6) is 0 Å². The summed E-state index contributed by atoms with van der Waals surface area (Å²) in [6.45, 7) is 15.1. The second-order valence-corrected chi connectivity index (χ2v) is 35.8. The van der Waals surface area contributed by atoms with Gasteiger partial charge in [0.25, 0.3) is 0 Å². The summed E-state index contributed by atoms with van der Waals surface area (Å²) in [5, 5.41) is 10.7. The van der Waals surface area contributed by atoms with E-state index < -0.39 is 25.8 Å². The molecule has 0 saturated carbocycles. The van der Waals surface area contributed by atoms with Crippen molar-refractivity contribution in [2.75, 3.05) is 0 Å². The molecule has 0 aliphatic heterocycles. The van der Waals surface area contributed by atoms with Crippen LogP contribution in [0.25, 0.3) is 77.5 Å². The Morgan fingerprint density at radius 3 is 1.10 bits per heavy atom. The van der Waals surface area contributed by atoms with E-state index in [1.165, 1.54) is 89.3 Å². The third kappa shape index (κ3) is 7.30. The van der Waals surface area contributed by atoms with E-state index in [4.69, 9.17) is 0 Å². The molecule has 4 heteroatoms. The van der Waals surface area contributed by atoms with Crippen molar-refractivity contribution < 1.29 is 45.2 Å². The molecule has 0 radical (unpaired) electrons. The smallest absolute Gasteiger partial charge is 1.00 e. The zero-order chi connectivity index (χ0) is 39.7. The van der Waals surface area contributed by atoms with Gasteiger partial charge >= 0.3 is 355 Å². The Hall–Kier alpha value is -4.04. The van der Waals surface area contributed by atoms with Gasteiger partial charge in [-0.2, -0.15) is 0 Å². The van der Waals surface area contributed by atoms with Crippen molar-refractivity contribution in [3.8, 4) is 22.3 Å². The summed E-state index contributed by atoms with van der Waals surface area (Å²) in [5.74, 6) is 1.21. The SMILES string of the molecule is CC(C)CC1=Cc2c(-c3c4ccccc4cc4ccccc34)cccc2[CH]1[Zr+2]([CH]1C(CC(C)C)=Cc2c(-c3c4ccccc4cc4ccccc34)cccc21)=[Si](C)C.[Cl-].[Cl-]. The number of allylic oxidation sites excluding steroid dienone is 2. The van der Waals surface area contributed by atoms with Crippen molar-refractivity contribution in [1.29, 1.82) is 0 Å². The molecule has 8 aromatic rings. The summed E-state index contributed by atoms with van der Waals surface area (Å²) in [6.07, 6.45) is 7.74. The number of rotatable bonds is 8. The molecule has 0 heterocycles. The molecule has 0 spiro atoms. The van der Waals surface area contributed by atoms with Crippen molar-refractivity contribution in [3.63, 3.8) is 0 Å². The Bertz CT molecular complexity index is 2750. The monoisotopic (exact) mass is 912 g/mol. The van der Waals surface area contributed by atoms with Gasteiger partial charge in [0.2, 0.25) is 0 Å². The summed E-state index contributed by atoms with van der Waals surface area (Å²) >= 11 is -2.45. The molecular weight excluding hydrogens is 863 g/mol. The topological polar surface area (TPSA) is 0 Å². The second kappa shape index (κ2) is 17.4. The van der Waals surface area contributed by atoms with E-state index in [0.29, 0.717) is 19.1 Å².